The Hall–Kier alpha value is -2.88. The van der Waals surface area contributed by atoms with Gasteiger partial charge in [-0.3, -0.25) is 9.69 Å². The van der Waals surface area contributed by atoms with E-state index in [0.717, 1.165) is 6.42 Å². The Kier molecular flexibility index (Phi) is 7.16. The number of amides is 1. The minimum absolute atomic E-state index is 0.0420. The number of hydrogen-bond acceptors (Lipinski definition) is 6. The van der Waals surface area contributed by atoms with Crippen molar-refractivity contribution in [2.75, 3.05) is 27.4 Å². The monoisotopic (exact) mass is 389 g/mol. The van der Waals surface area contributed by atoms with Gasteiger partial charge in [-0.2, -0.15) is 0 Å². The fraction of sp³-hybridized carbons (Fsp3) is 0.524. The average Bonchev–Trinajstić information content (AvgIpc) is 3.13. The van der Waals surface area contributed by atoms with E-state index in [0.29, 0.717) is 30.2 Å². The molecule has 0 aromatic heterocycles. The van der Waals surface area contributed by atoms with E-state index >= 15 is 0 Å². The molecule has 1 atom stereocenters. The number of ether oxygens (including phenoxy) is 4. The van der Waals surface area contributed by atoms with E-state index in [1.807, 2.05) is 0 Å². The zero-order chi connectivity index (χ0) is 20.7. The first-order valence-corrected chi connectivity index (χ1v) is 9.12. The van der Waals surface area contributed by atoms with Crippen molar-refractivity contribution in [3.63, 3.8) is 0 Å². The van der Waals surface area contributed by atoms with Gasteiger partial charge in [-0.25, -0.2) is 4.79 Å². The molecule has 0 unspecified atom stereocenters. The fourth-order valence-corrected chi connectivity index (χ4v) is 2.81. The fourth-order valence-electron chi connectivity index (χ4n) is 2.81. The number of ketones is 1. The van der Waals surface area contributed by atoms with Crippen molar-refractivity contribution in [1.82, 2.24) is 4.90 Å². The van der Waals surface area contributed by atoms with Gasteiger partial charge in [0.05, 0.1) is 14.2 Å². The van der Waals surface area contributed by atoms with Crippen molar-refractivity contribution in [3.8, 4) is 29.1 Å². The average molecular weight is 389 g/mol. The Morgan fingerprint density at radius 3 is 2.54 bits per heavy atom. The zero-order valence-electron chi connectivity index (χ0n) is 17.0. The van der Waals surface area contributed by atoms with Crippen molar-refractivity contribution >= 4 is 11.9 Å². The van der Waals surface area contributed by atoms with Crippen LogP contribution in [0.5, 0.6) is 17.2 Å². The van der Waals surface area contributed by atoms with Gasteiger partial charge in [-0.1, -0.05) is 5.92 Å². The van der Waals surface area contributed by atoms with E-state index in [-0.39, 0.29) is 12.4 Å². The normalized spacial score (nSPS) is 16.0. The molecule has 1 aliphatic rings. The molecule has 1 aliphatic heterocycles. The number of methoxy groups -OCH3 is 2. The third-order valence-electron chi connectivity index (χ3n) is 4.06. The summed E-state index contributed by atoms with van der Waals surface area (Å²) in [5.41, 5.74) is -0.605. The largest absolute Gasteiger partial charge is 0.493 e. The van der Waals surface area contributed by atoms with Crippen molar-refractivity contribution in [3.05, 3.63) is 18.2 Å². The number of benzene rings is 1. The molecule has 0 bridgehead atoms. The molecule has 1 amide bonds. The Morgan fingerprint density at radius 1 is 1.18 bits per heavy atom. The Balaban J connectivity index is 1.93. The second kappa shape index (κ2) is 9.36. The minimum Gasteiger partial charge on any atom is -0.493 e. The van der Waals surface area contributed by atoms with Gasteiger partial charge in [0.2, 0.25) is 5.78 Å². The van der Waals surface area contributed by atoms with E-state index in [9.17, 15) is 9.59 Å². The van der Waals surface area contributed by atoms with Crippen LogP contribution in [0.25, 0.3) is 0 Å². The van der Waals surface area contributed by atoms with Crippen LogP contribution in [0, 0.1) is 11.8 Å². The maximum Gasteiger partial charge on any atom is 0.410 e. The van der Waals surface area contributed by atoms with Crippen LogP contribution < -0.4 is 14.2 Å². The summed E-state index contributed by atoms with van der Waals surface area (Å²) >= 11 is 0. The number of Topliss-reactive ketones (excluding diaryl/α,β-unsaturated/α-hetero) is 1. The number of likely N-dealkylation sites (tertiary alicyclic amines) is 1. The molecule has 1 aromatic rings. The Labute approximate surface area is 165 Å². The predicted octanol–water partition coefficient (Wildman–Crippen LogP) is 3.05. The molecule has 7 heteroatoms. The molecular formula is C21H27NO6. The van der Waals surface area contributed by atoms with Gasteiger partial charge in [0.15, 0.2) is 11.5 Å². The van der Waals surface area contributed by atoms with Gasteiger partial charge in [0.25, 0.3) is 0 Å². The second-order valence-electron chi connectivity index (χ2n) is 7.30. The summed E-state index contributed by atoms with van der Waals surface area (Å²) < 4.78 is 21.3. The first-order valence-electron chi connectivity index (χ1n) is 9.12. The molecule has 28 heavy (non-hydrogen) atoms. The number of carbonyl (C=O) groups excluding carboxylic acids is 2. The zero-order valence-corrected chi connectivity index (χ0v) is 17.0. The van der Waals surface area contributed by atoms with E-state index < -0.39 is 17.7 Å². The number of rotatable bonds is 5. The molecule has 0 spiro atoms. The van der Waals surface area contributed by atoms with Crippen LogP contribution in [0.15, 0.2) is 18.2 Å². The molecule has 1 aromatic carbocycles. The van der Waals surface area contributed by atoms with E-state index in [2.05, 4.69) is 11.8 Å². The smallest absolute Gasteiger partial charge is 0.410 e. The Bertz CT molecular complexity index is 771. The Morgan fingerprint density at radius 2 is 1.89 bits per heavy atom. The van der Waals surface area contributed by atoms with E-state index in [1.165, 1.54) is 12.0 Å². The highest BCUT2D eigenvalue weighted by molar-refractivity contribution is 6.01. The predicted molar refractivity (Wildman–Crippen MR) is 104 cm³/mol. The van der Waals surface area contributed by atoms with Gasteiger partial charge in [-0.15, -0.1) is 0 Å². The summed E-state index contributed by atoms with van der Waals surface area (Å²) in [6, 6.07) is 4.57. The van der Waals surface area contributed by atoms with Crippen LogP contribution in [0.4, 0.5) is 4.79 Å². The molecule has 152 valence electrons. The first-order chi connectivity index (χ1) is 13.2. The molecule has 0 saturated carbocycles. The molecule has 1 fully saturated rings. The second-order valence-corrected chi connectivity index (χ2v) is 7.30. The first kappa shape index (κ1) is 21.4. The number of hydrogen-bond donors (Lipinski definition) is 0. The van der Waals surface area contributed by atoms with Crippen LogP contribution in [0.1, 0.15) is 33.6 Å². The quantitative estimate of drug-likeness (QED) is 0.569. The lowest BCUT2D eigenvalue weighted by molar-refractivity contribution is -0.117. The van der Waals surface area contributed by atoms with Gasteiger partial charge in [-0.05, 0) is 51.7 Å². The van der Waals surface area contributed by atoms with Crippen molar-refractivity contribution < 1.29 is 28.5 Å². The summed E-state index contributed by atoms with van der Waals surface area (Å²) in [6.07, 6.45) is 0.856. The lowest BCUT2D eigenvalue weighted by Crippen LogP contribution is -2.43. The van der Waals surface area contributed by atoms with Crippen LogP contribution in [-0.4, -0.2) is 55.8 Å². The van der Waals surface area contributed by atoms with Gasteiger partial charge < -0.3 is 18.9 Å². The highest BCUT2D eigenvalue weighted by atomic mass is 16.6. The third kappa shape index (κ3) is 5.81. The molecule has 1 heterocycles. The lowest BCUT2D eigenvalue weighted by Gasteiger charge is -2.27. The third-order valence-corrected chi connectivity index (χ3v) is 4.06. The molecule has 7 nitrogen and oxygen atoms in total. The highest BCUT2D eigenvalue weighted by Gasteiger charge is 2.35. The maximum atomic E-state index is 12.4. The van der Waals surface area contributed by atoms with Crippen molar-refractivity contribution in [2.24, 2.45) is 0 Å². The van der Waals surface area contributed by atoms with Crippen molar-refractivity contribution in [2.45, 2.75) is 45.3 Å². The SMILES string of the molecule is COc1ccc(OCC#CC(=O)[C@@H]2CCCN2C(=O)OC(C)(C)C)cc1OC. The molecular weight excluding hydrogens is 362 g/mol. The van der Waals surface area contributed by atoms with E-state index in [1.54, 1.807) is 46.1 Å². The van der Waals surface area contributed by atoms with Crippen LogP contribution in [-0.2, 0) is 9.53 Å². The highest BCUT2D eigenvalue weighted by Crippen LogP contribution is 2.30. The molecule has 0 radical (unpaired) electrons. The standard InChI is InChI=1S/C21H27NO6/c1-21(2,3)28-20(24)22-12-6-8-16(22)17(23)9-7-13-27-15-10-11-18(25-4)19(14-15)26-5/h10-11,14,16H,6,8,12-13H2,1-5H3/t16-/m0/s1. The number of carbonyl (C=O) groups is 2. The van der Waals surface area contributed by atoms with E-state index in [4.69, 9.17) is 18.9 Å². The maximum absolute atomic E-state index is 12.4. The van der Waals surface area contributed by atoms with Crippen LogP contribution >= 0.6 is 0 Å². The summed E-state index contributed by atoms with van der Waals surface area (Å²) in [6.45, 7) is 5.92. The van der Waals surface area contributed by atoms with Crippen molar-refractivity contribution in [1.29, 1.82) is 0 Å². The minimum atomic E-state index is -0.605. The summed E-state index contributed by atoms with van der Waals surface area (Å²) in [5.74, 6) is 6.67. The number of nitrogens with zero attached hydrogens (tertiary/aromatic N) is 1. The molecule has 1 saturated heterocycles. The van der Waals surface area contributed by atoms with Gasteiger partial charge in [0, 0.05) is 12.6 Å². The van der Waals surface area contributed by atoms with Gasteiger partial charge in [0.1, 0.15) is 24.0 Å². The summed E-state index contributed by atoms with van der Waals surface area (Å²) in [4.78, 5) is 26.1. The van der Waals surface area contributed by atoms with Crippen LogP contribution in [0.2, 0.25) is 0 Å². The molecule has 0 N–H and O–H groups in total. The summed E-state index contributed by atoms with van der Waals surface area (Å²) in [5, 5.41) is 0. The topological polar surface area (TPSA) is 74.3 Å². The summed E-state index contributed by atoms with van der Waals surface area (Å²) in [7, 11) is 3.09. The van der Waals surface area contributed by atoms with Gasteiger partial charge >= 0.3 is 6.09 Å². The molecule has 2 rings (SSSR count). The lowest BCUT2D eigenvalue weighted by atomic mass is 10.1. The molecule has 0 aliphatic carbocycles. The van der Waals surface area contributed by atoms with Crippen LogP contribution in [0.3, 0.4) is 0 Å².